The summed E-state index contributed by atoms with van der Waals surface area (Å²) in [5.41, 5.74) is 2.75. The maximum Gasteiger partial charge on any atom is 0.173 e. The Labute approximate surface area is 189 Å². The second kappa shape index (κ2) is 7.91. The minimum absolute atomic E-state index is 0.248. The molecule has 4 heterocycles. The first-order valence-corrected chi connectivity index (χ1v) is 11.4. The second-order valence-electron chi connectivity index (χ2n) is 9.06. The average molecular weight is 450 g/mol. The van der Waals surface area contributed by atoms with E-state index in [4.69, 9.17) is 0 Å². The highest BCUT2D eigenvalue weighted by Gasteiger charge is 2.27. The Bertz CT molecular complexity index is 1340. The molecule has 7 nitrogen and oxygen atoms in total. The number of aromatic nitrogens is 4. The largest absolute Gasteiger partial charge is 0.371 e. The van der Waals surface area contributed by atoms with Crippen LogP contribution >= 0.6 is 0 Å². The van der Waals surface area contributed by atoms with Crippen LogP contribution in [0, 0.1) is 18.6 Å². The second-order valence-corrected chi connectivity index (χ2v) is 9.06. The van der Waals surface area contributed by atoms with Gasteiger partial charge in [0.25, 0.3) is 0 Å². The van der Waals surface area contributed by atoms with Gasteiger partial charge in [0.05, 0.1) is 22.3 Å². The van der Waals surface area contributed by atoms with Crippen LogP contribution in [0.4, 0.5) is 26.0 Å². The summed E-state index contributed by atoms with van der Waals surface area (Å²) in [5, 5.41) is 7.03. The first kappa shape index (κ1) is 20.3. The summed E-state index contributed by atoms with van der Waals surface area (Å²) in [6.45, 7) is 3.57. The summed E-state index contributed by atoms with van der Waals surface area (Å²) in [6.07, 6.45) is 9.51. The Kier molecular flexibility index (Phi) is 4.86. The predicted molar refractivity (Wildman–Crippen MR) is 124 cm³/mol. The standard InChI is InChI=1S/C24H25F2N7/c1-14-11-33-12-17(8-20(26)24(33)29-14)31-23-22-19(25)9-18(10-21(22)27-13-28-23)32-6-4-16(5-7-32)30-15-2-3-15/h8-13,15-16,30H,2-7H2,1H3,(H,27,28,31). The van der Waals surface area contributed by atoms with Gasteiger partial charge in [0, 0.05) is 49.3 Å². The fraction of sp³-hybridized carbons (Fsp3) is 0.375. The van der Waals surface area contributed by atoms with Crippen LogP contribution in [0.5, 0.6) is 0 Å². The van der Waals surface area contributed by atoms with Crippen LogP contribution in [-0.4, -0.2) is 44.5 Å². The van der Waals surface area contributed by atoms with Crippen LogP contribution in [0.2, 0.25) is 0 Å². The number of rotatable bonds is 5. The number of halogens is 2. The smallest absolute Gasteiger partial charge is 0.173 e. The maximum absolute atomic E-state index is 15.3. The molecule has 2 aliphatic rings. The zero-order valence-corrected chi connectivity index (χ0v) is 18.4. The molecule has 1 saturated heterocycles. The molecule has 2 N–H and O–H groups in total. The van der Waals surface area contributed by atoms with Crippen molar-refractivity contribution in [1.82, 2.24) is 24.7 Å². The lowest BCUT2D eigenvalue weighted by atomic mass is 10.0. The Morgan fingerprint density at radius 1 is 0.939 bits per heavy atom. The zero-order valence-electron chi connectivity index (χ0n) is 18.4. The first-order chi connectivity index (χ1) is 16.0. The number of nitrogens with one attached hydrogen (secondary N) is 2. The van der Waals surface area contributed by atoms with Gasteiger partial charge in [-0.15, -0.1) is 0 Å². The molecule has 170 valence electrons. The number of benzene rings is 1. The fourth-order valence-corrected chi connectivity index (χ4v) is 4.68. The molecule has 6 rings (SSSR count). The van der Waals surface area contributed by atoms with Crippen molar-refractivity contribution in [2.45, 2.75) is 44.7 Å². The number of piperidine rings is 1. The van der Waals surface area contributed by atoms with Gasteiger partial charge in [0.15, 0.2) is 11.5 Å². The van der Waals surface area contributed by atoms with Gasteiger partial charge < -0.3 is 19.9 Å². The van der Waals surface area contributed by atoms with Crippen molar-refractivity contribution in [2.75, 3.05) is 23.3 Å². The molecule has 0 atom stereocenters. The van der Waals surface area contributed by atoms with E-state index in [1.165, 1.54) is 25.2 Å². The molecule has 9 heteroatoms. The van der Waals surface area contributed by atoms with Gasteiger partial charge in [-0.3, -0.25) is 0 Å². The quantitative estimate of drug-likeness (QED) is 0.473. The van der Waals surface area contributed by atoms with E-state index in [2.05, 4.69) is 30.5 Å². The maximum atomic E-state index is 15.3. The summed E-state index contributed by atoms with van der Waals surface area (Å²) < 4.78 is 31.4. The summed E-state index contributed by atoms with van der Waals surface area (Å²) in [4.78, 5) is 14.9. The van der Waals surface area contributed by atoms with Crippen molar-refractivity contribution in [3.8, 4) is 0 Å². The summed E-state index contributed by atoms with van der Waals surface area (Å²) in [5.74, 6) is -0.565. The SMILES string of the molecule is Cc1cn2cc(Nc3ncnc4cc(N5CCC(NC6CC6)CC5)cc(F)c34)cc(F)c2n1. The van der Waals surface area contributed by atoms with Gasteiger partial charge in [-0.1, -0.05) is 0 Å². The molecular formula is C24H25F2N7. The van der Waals surface area contributed by atoms with E-state index in [9.17, 15) is 4.39 Å². The Morgan fingerprint density at radius 2 is 1.73 bits per heavy atom. The predicted octanol–water partition coefficient (Wildman–Crippen LogP) is 4.33. The number of imidazole rings is 1. The Morgan fingerprint density at radius 3 is 2.52 bits per heavy atom. The number of aryl methyl sites for hydroxylation is 1. The number of hydrogen-bond donors (Lipinski definition) is 2. The van der Waals surface area contributed by atoms with Gasteiger partial charge in [-0.25, -0.2) is 23.7 Å². The third-order valence-electron chi connectivity index (χ3n) is 6.47. The average Bonchev–Trinajstić information content (AvgIpc) is 3.52. The molecule has 1 saturated carbocycles. The van der Waals surface area contributed by atoms with Crippen molar-refractivity contribution in [2.24, 2.45) is 0 Å². The molecule has 1 aromatic carbocycles. The molecule has 3 aromatic heterocycles. The van der Waals surface area contributed by atoms with Crippen molar-refractivity contribution >= 4 is 33.7 Å². The molecule has 0 spiro atoms. The van der Waals surface area contributed by atoms with Crippen LogP contribution in [0.15, 0.2) is 36.9 Å². The monoisotopic (exact) mass is 449 g/mol. The fourth-order valence-electron chi connectivity index (χ4n) is 4.68. The molecular weight excluding hydrogens is 424 g/mol. The molecule has 0 radical (unpaired) electrons. The van der Waals surface area contributed by atoms with Crippen LogP contribution in [0.1, 0.15) is 31.4 Å². The van der Waals surface area contributed by atoms with Gasteiger partial charge in [0.1, 0.15) is 18.0 Å². The van der Waals surface area contributed by atoms with E-state index >= 15 is 4.39 Å². The van der Waals surface area contributed by atoms with E-state index in [0.717, 1.165) is 31.6 Å². The van der Waals surface area contributed by atoms with Crippen LogP contribution in [-0.2, 0) is 0 Å². The van der Waals surface area contributed by atoms with Crippen molar-refractivity contribution in [3.63, 3.8) is 0 Å². The van der Waals surface area contributed by atoms with Crippen LogP contribution in [0.3, 0.4) is 0 Å². The summed E-state index contributed by atoms with van der Waals surface area (Å²) in [7, 11) is 0. The number of fused-ring (bicyclic) bond motifs is 2. The van der Waals surface area contributed by atoms with E-state index < -0.39 is 11.6 Å². The van der Waals surface area contributed by atoms with Crippen LogP contribution < -0.4 is 15.5 Å². The molecule has 1 aliphatic heterocycles. The van der Waals surface area contributed by atoms with Crippen molar-refractivity contribution < 1.29 is 8.78 Å². The minimum Gasteiger partial charge on any atom is -0.371 e. The van der Waals surface area contributed by atoms with E-state index in [1.54, 1.807) is 29.8 Å². The molecule has 2 fully saturated rings. The summed E-state index contributed by atoms with van der Waals surface area (Å²) >= 11 is 0. The van der Waals surface area contributed by atoms with Crippen molar-refractivity contribution in [1.29, 1.82) is 0 Å². The number of anilines is 3. The molecule has 4 aromatic rings. The first-order valence-electron chi connectivity index (χ1n) is 11.4. The van der Waals surface area contributed by atoms with Crippen molar-refractivity contribution in [3.05, 3.63) is 54.2 Å². The third-order valence-corrected chi connectivity index (χ3v) is 6.47. The normalized spacial score (nSPS) is 17.2. The Balaban J connectivity index is 1.27. The van der Waals surface area contributed by atoms with Crippen LogP contribution in [0.25, 0.3) is 16.6 Å². The highest BCUT2D eigenvalue weighted by molar-refractivity contribution is 5.93. The van der Waals surface area contributed by atoms with Gasteiger partial charge in [-0.05, 0) is 44.7 Å². The lowest BCUT2D eigenvalue weighted by Crippen LogP contribution is -2.43. The number of pyridine rings is 1. The lowest BCUT2D eigenvalue weighted by Gasteiger charge is -2.34. The van der Waals surface area contributed by atoms with E-state index in [-0.39, 0.29) is 11.0 Å². The third kappa shape index (κ3) is 3.97. The van der Waals surface area contributed by atoms with Gasteiger partial charge in [0.2, 0.25) is 0 Å². The molecule has 1 aliphatic carbocycles. The van der Waals surface area contributed by atoms with E-state index in [1.807, 2.05) is 6.07 Å². The highest BCUT2D eigenvalue weighted by atomic mass is 19.1. The molecule has 0 bridgehead atoms. The molecule has 0 unspecified atom stereocenters. The Hall–Kier alpha value is -3.33. The highest BCUT2D eigenvalue weighted by Crippen LogP contribution is 2.32. The number of nitrogens with zero attached hydrogens (tertiary/aromatic N) is 5. The molecule has 33 heavy (non-hydrogen) atoms. The van der Waals surface area contributed by atoms with Gasteiger partial charge >= 0.3 is 0 Å². The zero-order chi connectivity index (χ0) is 22.5. The van der Waals surface area contributed by atoms with E-state index in [0.29, 0.717) is 34.8 Å². The number of hydrogen-bond acceptors (Lipinski definition) is 6. The van der Waals surface area contributed by atoms with Gasteiger partial charge in [-0.2, -0.15) is 0 Å². The summed E-state index contributed by atoms with van der Waals surface area (Å²) in [6, 6.07) is 6.04. The minimum atomic E-state index is -0.464. The topological polar surface area (TPSA) is 70.4 Å². The lowest BCUT2D eigenvalue weighted by molar-refractivity contribution is 0.412. The molecule has 0 amide bonds.